The Bertz CT molecular complexity index is 193. The molecular weight excluding hydrogens is 184 g/mol. The minimum Gasteiger partial charge on any atom is -0.315 e. The minimum absolute atomic E-state index is 0.544. The standard InChI is InChI=1S/C13H26N2/c1-13(2)7-4-3-6-12(13)15-10-5-8-14-9-11-15/h12,14H,3-11H2,1-2H3. The third-order valence-electron chi connectivity index (χ3n) is 4.27. The monoisotopic (exact) mass is 210 g/mol. The molecule has 0 bridgehead atoms. The van der Waals surface area contributed by atoms with Crippen molar-refractivity contribution in [3.05, 3.63) is 0 Å². The van der Waals surface area contributed by atoms with Crippen molar-refractivity contribution >= 4 is 0 Å². The van der Waals surface area contributed by atoms with Gasteiger partial charge < -0.3 is 5.32 Å². The molecule has 2 aliphatic rings. The Kier molecular flexibility index (Phi) is 3.68. The Balaban J connectivity index is 1.99. The Morgan fingerprint density at radius 1 is 1.07 bits per heavy atom. The van der Waals surface area contributed by atoms with Gasteiger partial charge in [0.25, 0.3) is 0 Å². The number of hydrogen-bond donors (Lipinski definition) is 1. The van der Waals surface area contributed by atoms with Crippen LogP contribution in [0.5, 0.6) is 0 Å². The fourth-order valence-corrected chi connectivity index (χ4v) is 3.33. The molecule has 0 radical (unpaired) electrons. The van der Waals surface area contributed by atoms with Crippen LogP contribution in [0.2, 0.25) is 0 Å². The molecule has 2 heteroatoms. The van der Waals surface area contributed by atoms with Gasteiger partial charge in [-0.2, -0.15) is 0 Å². The minimum atomic E-state index is 0.544. The molecule has 15 heavy (non-hydrogen) atoms. The van der Waals surface area contributed by atoms with Crippen molar-refractivity contribution in [1.82, 2.24) is 10.2 Å². The van der Waals surface area contributed by atoms with Gasteiger partial charge in [-0.3, -0.25) is 4.90 Å². The fourth-order valence-electron chi connectivity index (χ4n) is 3.33. The van der Waals surface area contributed by atoms with Crippen LogP contribution in [0.1, 0.15) is 46.0 Å². The molecule has 1 heterocycles. The van der Waals surface area contributed by atoms with Crippen LogP contribution >= 0.6 is 0 Å². The average Bonchev–Trinajstić information content (AvgIpc) is 2.45. The third kappa shape index (κ3) is 2.73. The molecule has 1 aliphatic carbocycles. The summed E-state index contributed by atoms with van der Waals surface area (Å²) in [5, 5.41) is 3.50. The second-order valence-corrected chi connectivity index (χ2v) is 5.89. The lowest BCUT2D eigenvalue weighted by Gasteiger charge is -2.45. The zero-order valence-corrected chi connectivity index (χ0v) is 10.4. The molecule has 0 amide bonds. The van der Waals surface area contributed by atoms with E-state index < -0.39 is 0 Å². The van der Waals surface area contributed by atoms with Crippen molar-refractivity contribution < 1.29 is 0 Å². The first-order chi connectivity index (χ1) is 7.20. The number of rotatable bonds is 1. The Morgan fingerprint density at radius 3 is 2.73 bits per heavy atom. The summed E-state index contributed by atoms with van der Waals surface area (Å²) in [6.07, 6.45) is 7.05. The van der Waals surface area contributed by atoms with E-state index in [1.165, 1.54) is 58.3 Å². The third-order valence-corrected chi connectivity index (χ3v) is 4.27. The molecule has 2 nitrogen and oxygen atoms in total. The SMILES string of the molecule is CC1(C)CCCCC1N1CCCNCC1. The van der Waals surface area contributed by atoms with Crippen molar-refractivity contribution in [2.45, 2.75) is 52.0 Å². The molecule has 88 valence electrons. The van der Waals surface area contributed by atoms with E-state index in [0.717, 1.165) is 6.04 Å². The molecule has 1 atom stereocenters. The van der Waals surface area contributed by atoms with E-state index in [2.05, 4.69) is 24.1 Å². The van der Waals surface area contributed by atoms with Gasteiger partial charge in [0.2, 0.25) is 0 Å². The van der Waals surface area contributed by atoms with Crippen molar-refractivity contribution in [3.63, 3.8) is 0 Å². The maximum absolute atomic E-state index is 3.50. The molecule has 2 rings (SSSR count). The van der Waals surface area contributed by atoms with Crippen LogP contribution in [-0.2, 0) is 0 Å². The Hall–Kier alpha value is -0.0800. The molecule has 2 fully saturated rings. The highest BCUT2D eigenvalue weighted by molar-refractivity contribution is 4.90. The van der Waals surface area contributed by atoms with Crippen LogP contribution < -0.4 is 5.32 Å². The summed E-state index contributed by atoms with van der Waals surface area (Å²) in [6, 6.07) is 0.839. The molecule has 1 N–H and O–H groups in total. The van der Waals surface area contributed by atoms with Gasteiger partial charge in [0, 0.05) is 19.1 Å². The summed E-state index contributed by atoms with van der Waals surface area (Å²) in [4.78, 5) is 2.75. The van der Waals surface area contributed by atoms with Crippen molar-refractivity contribution in [1.29, 1.82) is 0 Å². The quantitative estimate of drug-likeness (QED) is 0.714. The van der Waals surface area contributed by atoms with Crippen LogP contribution in [0, 0.1) is 5.41 Å². The van der Waals surface area contributed by atoms with E-state index in [0.29, 0.717) is 5.41 Å². The van der Waals surface area contributed by atoms with Crippen molar-refractivity contribution in [2.24, 2.45) is 5.41 Å². The largest absolute Gasteiger partial charge is 0.315 e. The highest BCUT2D eigenvalue weighted by atomic mass is 15.2. The summed E-state index contributed by atoms with van der Waals surface area (Å²) in [5.41, 5.74) is 0.544. The zero-order valence-electron chi connectivity index (χ0n) is 10.4. The summed E-state index contributed by atoms with van der Waals surface area (Å²) in [6.45, 7) is 9.90. The average molecular weight is 210 g/mol. The fraction of sp³-hybridized carbons (Fsp3) is 1.00. The molecule has 1 saturated carbocycles. The topological polar surface area (TPSA) is 15.3 Å². The summed E-state index contributed by atoms with van der Waals surface area (Å²) >= 11 is 0. The van der Waals surface area contributed by atoms with E-state index >= 15 is 0 Å². The van der Waals surface area contributed by atoms with Gasteiger partial charge in [-0.1, -0.05) is 26.7 Å². The smallest absolute Gasteiger partial charge is 0.0147 e. The molecule has 1 aliphatic heterocycles. The molecule has 0 aromatic carbocycles. The first-order valence-electron chi connectivity index (χ1n) is 6.65. The van der Waals surface area contributed by atoms with Crippen LogP contribution in [0.25, 0.3) is 0 Å². The number of nitrogens with zero attached hydrogens (tertiary/aromatic N) is 1. The zero-order chi connectivity index (χ0) is 10.7. The van der Waals surface area contributed by atoms with Crippen LogP contribution in [0.4, 0.5) is 0 Å². The number of hydrogen-bond acceptors (Lipinski definition) is 2. The molecule has 1 unspecified atom stereocenters. The molecule has 0 aromatic rings. The van der Waals surface area contributed by atoms with Crippen molar-refractivity contribution in [2.75, 3.05) is 26.2 Å². The molecular formula is C13H26N2. The second-order valence-electron chi connectivity index (χ2n) is 5.89. The maximum Gasteiger partial charge on any atom is 0.0147 e. The molecule has 0 aromatic heterocycles. The van der Waals surface area contributed by atoms with Crippen LogP contribution in [-0.4, -0.2) is 37.1 Å². The van der Waals surface area contributed by atoms with E-state index in [9.17, 15) is 0 Å². The maximum atomic E-state index is 3.50. The van der Waals surface area contributed by atoms with E-state index in [1.807, 2.05) is 0 Å². The van der Waals surface area contributed by atoms with Gasteiger partial charge in [0.05, 0.1) is 0 Å². The lowest BCUT2D eigenvalue weighted by molar-refractivity contribution is 0.0536. The second kappa shape index (κ2) is 4.84. The first kappa shape index (κ1) is 11.4. The Labute approximate surface area is 94.4 Å². The van der Waals surface area contributed by atoms with Gasteiger partial charge in [0.15, 0.2) is 0 Å². The molecule has 0 spiro atoms. The summed E-state index contributed by atoms with van der Waals surface area (Å²) < 4.78 is 0. The normalized spacial score (nSPS) is 33.6. The van der Waals surface area contributed by atoms with Crippen LogP contribution in [0.15, 0.2) is 0 Å². The van der Waals surface area contributed by atoms with E-state index in [-0.39, 0.29) is 0 Å². The highest BCUT2D eigenvalue weighted by Gasteiger charge is 2.35. The lowest BCUT2D eigenvalue weighted by Crippen LogP contribution is -2.48. The van der Waals surface area contributed by atoms with Gasteiger partial charge in [-0.05, 0) is 37.8 Å². The Morgan fingerprint density at radius 2 is 1.93 bits per heavy atom. The molecule has 1 saturated heterocycles. The summed E-state index contributed by atoms with van der Waals surface area (Å²) in [7, 11) is 0. The first-order valence-corrected chi connectivity index (χ1v) is 6.65. The van der Waals surface area contributed by atoms with Gasteiger partial charge >= 0.3 is 0 Å². The lowest BCUT2D eigenvalue weighted by atomic mass is 9.72. The van der Waals surface area contributed by atoms with Gasteiger partial charge in [-0.15, -0.1) is 0 Å². The van der Waals surface area contributed by atoms with E-state index in [4.69, 9.17) is 0 Å². The van der Waals surface area contributed by atoms with Crippen molar-refractivity contribution in [3.8, 4) is 0 Å². The van der Waals surface area contributed by atoms with Crippen LogP contribution in [0.3, 0.4) is 0 Å². The number of nitrogens with one attached hydrogen (secondary N) is 1. The predicted octanol–water partition coefficient (Wildman–Crippen LogP) is 2.25. The summed E-state index contributed by atoms with van der Waals surface area (Å²) in [5.74, 6) is 0. The van der Waals surface area contributed by atoms with Gasteiger partial charge in [-0.25, -0.2) is 0 Å². The van der Waals surface area contributed by atoms with Gasteiger partial charge in [0.1, 0.15) is 0 Å². The van der Waals surface area contributed by atoms with E-state index in [1.54, 1.807) is 0 Å². The predicted molar refractivity (Wildman–Crippen MR) is 65.1 cm³/mol. The highest BCUT2D eigenvalue weighted by Crippen LogP contribution is 2.38.